The molecule has 0 aromatic heterocycles. The molecule has 0 saturated heterocycles. The lowest BCUT2D eigenvalue weighted by Gasteiger charge is -2.55. The number of allylic oxidation sites excluding steroid dienone is 1. The van der Waals surface area contributed by atoms with Crippen LogP contribution in [-0.4, -0.2) is 9.19 Å². The molecule has 0 amide bonds. The average Bonchev–Trinajstić information content (AvgIpc) is 2.43. The van der Waals surface area contributed by atoms with E-state index >= 15 is 0 Å². The molecule has 3 rings (SSSR count). The first-order valence-corrected chi connectivity index (χ1v) is 8.75. The minimum absolute atomic E-state index is 0.0580. The van der Waals surface area contributed by atoms with Crippen molar-refractivity contribution < 1.29 is 5.11 Å². The van der Waals surface area contributed by atoms with Gasteiger partial charge in [-0.1, -0.05) is 26.0 Å². The summed E-state index contributed by atoms with van der Waals surface area (Å²) in [5.74, 6) is 0.855. The predicted molar refractivity (Wildman–Crippen MR) is 95.6 cm³/mol. The highest BCUT2D eigenvalue weighted by atomic mass is 32.2. The minimum atomic E-state index is -0.346. The molecule has 1 saturated carbocycles. The van der Waals surface area contributed by atoms with Gasteiger partial charge in [-0.3, -0.25) is 0 Å². The Balaban J connectivity index is 2.07. The van der Waals surface area contributed by atoms with Crippen molar-refractivity contribution in [3.05, 3.63) is 41.0 Å². The molecule has 0 heterocycles. The summed E-state index contributed by atoms with van der Waals surface area (Å²) >= 11 is 10.0. The summed E-state index contributed by atoms with van der Waals surface area (Å²) in [7, 11) is 0. The summed E-state index contributed by atoms with van der Waals surface area (Å²) in [5, 5.41) is 9.72. The van der Waals surface area contributed by atoms with Gasteiger partial charge >= 0.3 is 0 Å². The third-order valence-electron chi connectivity index (χ3n) is 5.58. The molecule has 21 heavy (non-hydrogen) atoms. The van der Waals surface area contributed by atoms with Gasteiger partial charge in [-0.25, -0.2) is 0 Å². The molecule has 0 radical (unpaired) electrons. The molecule has 0 spiro atoms. The van der Waals surface area contributed by atoms with Crippen LogP contribution in [0.3, 0.4) is 0 Å². The number of benzene rings is 1. The topological polar surface area (TPSA) is 20.2 Å². The van der Waals surface area contributed by atoms with E-state index in [-0.39, 0.29) is 9.49 Å². The molecule has 1 N–H and O–H groups in total. The predicted octanol–water partition coefficient (Wildman–Crippen LogP) is 5.11. The standard InChI is InChI=1S/C18H24OS2/c1-3-4-13-5-8-16-15-7-6-14(19)11-12(15)9-10-17(16,2)18(13,20)21/h4,6-7,11,16,19-21H,3,5,8-10H2,1-2H3/t16-,17-/m0/s1. The number of aromatic hydroxyl groups is 1. The van der Waals surface area contributed by atoms with Gasteiger partial charge in [0.05, 0.1) is 4.08 Å². The highest BCUT2D eigenvalue weighted by Gasteiger charge is 2.54. The second-order valence-corrected chi connectivity index (χ2v) is 8.40. The normalized spacial score (nSPS) is 32.6. The molecular weight excluding hydrogens is 296 g/mol. The maximum Gasteiger partial charge on any atom is 0.115 e. The van der Waals surface area contributed by atoms with Crippen molar-refractivity contribution in [1.82, 2.24) is 0 Å². The Morgan fingerprint density at radius 1 is 1.33 bits per heavy atom. The summed E-state index contributed by atoms with van der Waals surface area (Å²) < 4.78 is -0.346. The Morgan fingerprint density at radius 2 is 2.10 bits per heavy atom. The number of hydrogen-bond donors (Lipinski definition) is 3. The Morgan fingerprint density at radius 3 is 2.81 bits per heavy atom. The molecule has 3 heteroatoms. The molecule has 1 aromatic carbocycles. The summed E-state index contributed by atoms with van der Waals surface area (Å²) in [6.45, 7) is 4.52. The summed E-state index contributed by atoms with van der Waals surface area (Å²) in [6.07, 6.45) is 7.66. The molecular formula is C18H24OS2. The van der Waals surface area contributed by atoms with E-state index in [9.17, 15) is 5.11 Å². The molecule has 0 aliphatic heterocycles. The number of phenolic OH excluding ortho intramolecular Hbond substituents is 1. The quantitative estimate of drug-likeness (QED) is 0.373. The van der Waals surface area contributed by atoms with Crippen LogP contribution in [0.25, 0.3) is 0 Å². The van der Waals surface area contributed by atoms with Crippen molar-refractivity contribution >= 4 is 25.3 Å². The number of rotatable bonds is 1. The van der Waals surface area contributed by atoms with Gasteiger partial charge in [0.25, 0.3) is 0 Å². The van der Waals surface area contributed by atoms with E-state index in [1.165, 1.54) is 16.7 Å². The zero-order valence-corrected chi connectivity index (χ0v) is 14.6. The molecule has 0 unspecified atom stereocenters. The van der Waals surface area contributed by atoms with Crippen molar-refractivity contribution in [2.75, 3.05) is 0 Å². The molecule has 2 aliphatic rings. The first kappa shape index (κ1) is 15.4. The highest BCUT2D eigenvalue weighted by molar-refractivity contribution is 8.01. The lowest BCUT2D eigenvalue weighted by atomic mass is 9.57. The third kappa shape index (κ3) is 2.24. The van der Waals surface area contributed by atoms with Gasteiger partial charge in [0.15, 0.2) is 0 Å². The van der Waals surface area contributed by atoms with Gasteiger partial charge < -0.3 is 5.11 Å². The van der Waals surface area contributed by atoms with Gasteiger partial charge in [-0.2, -0.15) is 25.3 Å². The third-order valence-corrected chi connectivity index (χ3v) is 7.18. The SMILES string of the molecule is CCC=C1CC[C@H]2c3ccc(O)cc3CC[C@]2(C)C1(S)S. The smallest absolute Gasteiger partial charge is 0.115 e. The van der Waals surface area contributed by atoms with Gasteiger partial charge in [0.2, 0.25) is 0 Å². The first-order valence-electron chi connectivity index (χ1n) is 7.86. The van der Waals surface area contributed by atoms with E-state index in [0.717, 1.165) is 32.1 Å². The fourth-order valence-corrected chi connectivity index (χ4v) is 5.22. The van der Waals surface area contributed by atoms with Crippen molar-refractivity contribution in [1.29, 1.82) is 0 Å². The van der Waals surface area contributed by atoms with Crippen LogP contribution in [0, 0.1) is 5.41 Å². The fraction of sp³-hybridized carbons (Fsp3) is 0.556. The second kappa shape index (κ2) is 5.27. The number of phenols is 1. The Kier molecular flexibility index (Phi) is 3.86. The number of fused-ring (bicyclic) bond motifs is 3. The Labute approximate surface area is 138 Å². The van der Waals surface area contributed by atoms with Gasteiger partial charge in [-0.15, -0.1) is 0 Å². The Bertz CT molecular complexity index is 591. The zero-order chi connectivity index (χ0) is 15.3. The van der Waals surface area contributed by atoms with Crippen LogP contribution in [0.4, 0.5) is 0 Å². The van der Waals surface area contributed by atoms with Gasteiger partial charge in [-0.05, 0) is 66.9 Å². The molecule has 1 fully saturated rings. The number of hydrogen-bond acceptors (Lipinski definition) is 3. The Hall–Kier alpha value is -0.540. The number of aryl methyl sites for hydroxylation is 1. The summed E-state index contributed by atoms with van der Waals surface area (Å²) in [5.41, 5.74) is 4.14. The first-order chi connectivity index (χ1) is 9.90. The van der Waals surface area contributed by atoms with Crippen molar-refractivity contribution in [3.63, 3.8) is 0 Å². The lowest BCUT2D eigenvalue weighted by molar-refractivity contribution is 0.174. The van der Waals surface area contributed by atoms with Crippen LogP contribution in [-0.2, 0) is 6.42 Å². The van der Waals surface area contributed by atoms with E-state index in [0.29, 0.717) is 11.7 Å². The molecule has 2 aliphatic carbocycles. The van der Waals surface area contributed by atoms with E-state index in [4.69, 9.17) is 25.3 Å². The van der Waals surface area contributed by atoms with E-state index in [1.807, 2.05) is 12.1 Å². The van der Waals surface area contributed by atoms with Crippen LogP contribution < -0.4 is 0 Å². The van der Waals surface area contributed by atoms with Crippen LogP contribution in [0.5, 0.6) is 5.75 Å². The maximum absolute atomic E-state index is 9.72. The zero-order valence-electron chi connectivity index (χ0n) is 12.8. The molecule has 114 valence electrons. The molecule has 0 bridgehead atoms. The van der Waals surface area contributed by atoms with Crippen molar-refractivity contribution in [3.8, 4) is 5.75 Å². The average molecular weight is 321 g/mol. The fourth-order valence-electron chi connectivity index (χ4n) is 4.28. The molecule has 1 nitrogen and oxygen atoms in total. The van der Waals surface area contributed by atoms with E-state index in [2.05, 4.69) is 26.0 Å². The van der Waals surface area contributed by atoms with E-state index in [1.54, 1.807) is 0 Å². The molecule has 1 aromatic rings. The minimum Gasteiger partial charge on any atom is -0.508 e. The van der Waals surface area contributed by atoms with Gasteiger partial charge in [0.1, 0.15) is 5.75 Å². The van der Waals surface area contributed by atoms with Crippen molar-refractivity contribution in [2.45, 2.75) is 55.9 Å². The van der Waals surface area contributed by atoms with E-state index < -0.39 is 0 Å². The molecule has 2 atom stereocenters. The monoisotopic (exact) mass is 320 g/mol. The van der Waals surface area contributed by atoms with Crippen LogP contribution >= 0.6 is 25.3 Å². The summed E-state index contributed by atoms with van der Waals surface area (Å²) in [4.78, 5) is 0. The maximum atomic E-state index is 9.72. The van der Waals surface area contributed by atoms with Crippen LogP contribution in [0.2, 0.25) is 0 Å². The van der Waals surface area contributed by atoms with Crippen LogP contribution in [0.1, 0.15) is 56.6 Å². The summed E-state index contributed by atoms with van der Waals surface area (Å²) in [6, 6.07) is 5.87. The largest absolute Gasteiger partial charge is 0.508 e. The second-order valence-electron chi connectivity index (χ2n) is 6.70. The highest BCUT2D eigenvalue weighted by Crippen LogP contribution is 2.63. The van der Waals surface area contributed by atoms with Crippen LogP contribution in [0.15, 0.2) is 29.8 Å². The van der Waals surface area contributed by atoms with Gasteiger partial charge in [0, 0.05) is 5.41 Å². The number of thiol groups is 2. The lowest BCUT2D eigenvalue weighted by Crippen LogP contribution is -2.49. The van der Waals surface area contributed by atoms with Crippen molar-refractivity contribution in [2.24, 2.45) is 5.41 Å².